The van der Waals surface area contributed by atoms with Crippen LogP contribution in [-0.2, 0) is 27.8 Å². The summed E-state index contributed by atoms with van der Waals surface area (Å²) in [4.78, 5) is 35.5. The third-order valence-electron chi connectivity index (χ3n) is 9.27. The van der Waals surface area contributed by atoms with Crippen molar-refractivity contribution in [2.45, 2.75) is 76.1 Å². The van der Waals surface area contributed by atoms with Gasteiger partial charge in [-0.3, -0.25) is 4.79 Å². The molecule has 0 bridgehead atoms. The van der Waals surface area contributed by atoms with Crippen LogP contribution in [0.5, 0.6) is 0 Å². The second-order valence-electron chi connectivity index (χ2n) is 13.2. The van der Waals surface area contributed by atoms with Crippen molar-refractivity contribution in [3.8, 4) is 0 Å². The highest BCUT2D eigenvalue weighted by molar-refractivity contribution is 7.89. The summed E-state index contributed by atoms with van der Waals surface area (Å²) in [6.07, 6.45) is 3.03. The summed E-state index contributed by atoms with van der Waals surface area (Å²) in [5, 5.41) is 29.6. The van der Waals surface area contributed by atoms with Crippen LogP contribution in [-0.4, -0.2) is 100 Å². The summed E-state index contributed by atoms with van der Waals surface area (Å²) >= 11 is 1.53. The molecule has 2 fully saturated rings. The number of sulfonamides is 1. The zero-order chi connectivity index (χ0) is 35.1. The Morgan fingerprint density at radius 2 is 1.86 bits per heavy atom. The number of oxime groups is 1. The van der Waals surface area contributed by atoms with Crippen LogP contribution in [0.25, 0.3) is 0 Å². The SMILES string of the molecule is Cc1nc(CN2CCN(C(C(=O)N[C@@H](Cc3ccccc3)[C@H](O)CN(CC3CCC3)S(=O)(=O)c3ccc(/C=N/O)cc3)C(C)C)C2=O)cs1. The fraction of sp³-hybridized carbons (Fsp3) is 0.486. The number of urea groups is 1. The molecule has 264 valence electrons. The van der Waals surface area contributed by atoms with E-state index in [1.807, 2.05) is 56.5 Å². The Kier molecular flexibility index (Phi) is 12.1. The van der Waals surface area contributed by atoms with E-state index in [2.05, 4.69) is 15.5 Å². The number of hydrogen-bond acceptors (Lipinski definition) is 9. The Morgan fingerprint density at radius 3 is 2.45 bits per heavy atom. The molecule has 2 aromatic carbocycles. The number of aliphatic hydroxyl groups excluding tert-OH is 1. The van der Waals surface area contributed by atoms with Crippen LogP contribution in [0.15, 0.2) is 70.0 Å². The molecule has 3 aromatic rings. The summed E-state index contributed by atoms with van der Waals surface area (Å²) in [5.74, 6) is -0.453. The highest BCUT2D eigenvalue weighted by Gasteiger charge is 2.41. The zero-order valence-electron chi connectivity index (χ0n) is 28.2. The van der Waals surface area contributed by atoms with Gasteiger partial charge in [-0.05, 0) is 61.3 Å². The molecule has 2 aliphatic rings. The van der Waals surface area contributed by atoms with Crippen LogP contribution in [0.3, 0.4) is 0 Å². The van der Waals surface area contributed by atoms with Gasteiger partial charge in [-0.25, -0.2) is 18.2 Å². The Balaban J connectivity index is 1.36. The molecule has 1 saturated carbocycles. The van der Waals surface area contributed by atoms with Gasteiger partial charge in [-0.2, -0.15) is 4.31 Å². The van der Waals surface area contributed by atoms with Gasteiger partial charge in [-0.1, -0.05) is 67.9 Å². The molecule has 3 amide bonds. The number of carbonyl (C=O) groups is 2. The lowest BCUT2D eigenvalue weighted by Crippen LogP contribution is -2.57. The predicted octanol–water partition coefficient (Wildman–Crippen LogP) is 4.10. The Morgan fingerprint density at radius 1 is 1.14 bits per heavy atom. The van der Waals surface area contributed by atoms with Crippen molar-refractivity contribution < 1.29 is 28.3 Å². The number of nitrogens with one attached hydrogen (secondary N) is 1. The number of nitrogens with zero attached hydrogens (tertiary/aromatic N) is 5. The summed E-state index contributed by atoms with van der Waals surface area (Å²) in [5.41, 5.74) is 2.21. The van der Waals surface area contributed by atoms with Crippen molar-refractivity contribution in [3.63, 3.8) is 0 Å². The molecule has 49 heavy (non-hydrogen) atoms. The summed E-state index contributed by atoms with van der Waals surface area (Å²) in [6, 6.07) is 13.5. The topological polar surface area (TPSA) is 156 Å². The van der Waals surface area contributed by atoms with Crippen LogP contribution < -0.4 is 5.32 Å². The molecule has 12 nitrogen and oxygen atoms in total. The standard InChI is InChI=1S/C35H46N6O6S2/c1-24(2)33(41-17-16-39(35(41)44)21-29-23-48-25(3)37-29)34(43)38-31(18-26-8-5-4-6-9-26)32(42)22-40(20-28-10-7-11-28)49(46,47)30-14-12-27(13-15-30)19-36-45/h4-6,8-9,12-15,19,23-24,28,31-33,42,45H,7,10-11,16-18,20-22H2,1-3H3,(H,38,43)/b36-19+/t31-,32+,33?/m0/s1. The first-order valence-electron chi connectivity index (χ1n) is 16.7. The number of hydrogen-bond donors (Lipinski definition) is 3. The van der Waals surface area contributed by atoms with E-state index < -0.39 is 34.1 Å². The van der Waals surface area contributed by atoms with Crippen molar-refractivity contribution in [2.24, 2.45) is 17.0 Å². The van der Waals surface area contributed by atoms with E-state index in [0.29, 0.717) is 25.2 Å². The molecule has 1 aromatic heterocycles. The van der Waals surface area contributed by atoms with Crippen molar-refractivity contribution >= 4 is 39.5 Å². The van der Waals surface area contributed by atoms with Gasteiger partial charge in [0.25, 0.3) is 0 Å². The molecule has 3 atom stereocenters. The fourth-order valence-electron chi connectivity index (χ4n) is 6.42. The van der Waals surface area contributed by atoms with Crippen molar-refractivity contribution in [1.29, 1.82) is 0 Å². The number of rotatable bonds is 16. The van der Waals surface area contributed by atoms with Crippen LogP contribution in [0, 0.1) is 18.8 Å². The van der Waals surface area contributed by atoms with Crippen LogP contribution >= 0.6 is 11.3 Å². The highest BCUT2D eigenvalue weighted by Crippen LogP contribution is 2.30. The van der Waals surface area contributed by atoms with Crippen LogP contribution in [0.2, 0.25) is 0 Å². The normalized spacial score (nSPS) is 17.6. The molecule has 1 saturated heterocycles. The highest BCUT2D eigenvalue weighted by atomic mass is 32.2. The fourth-order valence-corrected chi connectivity index (χ4v) is 8.56. The lowest BCUT2D eigenvalue weighted by atomic mass is 9.85. The number of carbonyl (C=O) groups excluding carboxylic acids is 2. The van der Waals surface area contributed by atoms with Gasteiger partial charge in [0.1, 0.15) is 6.04 Å². The lowest BCUT2D eigenvalue weighted by molar-refractivity contribution is -0.128. The van der Waals surface area contributed by atoms with E-state index in [-0.39, 0.29) is 42.3 Å². The summed E-state index contributed by atoms with van der Waals surface area (Å²) in [6.45, 7) is 6.91. The van der Waals surface area contributed by atoms with Crippen LogP contribution in [0.4, 0.5) is 4.79 Å². The van der Waals surface area contributed by atoms with E-state index in [4.69, 9.17) is 5.21 Å². The smallest absolute Gasteiger partial charge is 0.321 e. The Labute approximate surface area is 292 Å². The molecule has 0 spiro atoms. The Hall–Kier alpha value is -3.85. The largest absolute Gasteiger partial charge is 0.411 e. The molecule has 3 N–H and O–H groups in total. The number of amides is 3. The van der Waals surface area contributed by atoms with Crippen molar-refractivity contribution in [3.05, 3.63) is 81.8 Å². The minimum Gasteiger partial charge on any atom is -0.411 e. The van der Waals surface area contributed by atoms with Crippen molar-refractivity contribution in [1.82, 2.24) is 24.4 Å². The molecular formula is C35H46N6O6S2. The minimum atomic E-state index is -4.02. The average molecular weight is 711 g/mol. The first-order valence-corrected chi connectivity index (χ1v) is 19.0. The number of aromatic nitrogens is 1. The number of thiazole rings is 1. The average Bonchev–Trinajstić information content (AvgIpc) is 3.62. The first-order chi connectivity index (χ1) is 23.5. The first kappa shape index (κ1) is 36.4. The van der Waals surface area contributed by atoms with E-state index in [1.165, 1.54) is 34.0 Å². The second kappa shape index (κ2) is 16.2. The lowest BCUT2D eigenvalue weighted by Gasteiger charge is -2.36. The van der Waals surface area contributed by atoms with Gasteiger partial charge in [0.05, 0.1) is 40.5 Å². The molecule has 1 aliphatic carbocycles. The predicted molar refractivity (Wildman–Crippen MR) is 188 cm³/mol. The number of benzene rings is 2. The van der Waals surface area contributed by atoms with Gasteiger partial charge < -0.3 is 25.4 Å². The third kappa shape index (κ3) is 9.04. The van der Waals surface area contributed by atoms with E-state index in [1.54, 1.807) is 21.9 Å². The van der Waals surface area contributed by atoms with E-state index in [9.17, 15) is 23.1 Å². The van der Waals surface area contributed by atoms with Gasteiger partial charge in [0.15, 0.2) is 0 Å². The van der Waals surface area contributed by atoms with Gasteiger partial charge in [0, 0.05) is 31.6 Å². The van der Waals surface area contributed by atoms with Crippen LogP contribution in [0.1, 0.15) is 54.9 Å². The third-order valence-corrected chi connectivity index (χ3v) is 11.9. The summed E-state index contributed by atoms with van der Waals surface area (Å²) < 4.78 is 29.3. The Bertz CT molecular complexity index is 1690. The van der Waals surface area contributed by atoms with Gasteiger partial charge >= 0.3 is 6.03 Å². The zero-order valence-corrected chi connectivity index (χ0v) is 29.8. The number of aryl methyl sites for hydroxylation is 1. The maximum Gasteiger partial charge on any atom is 0.321 e. The molecular weight excluding hydrogens is 665 g/mol. The monoisotopic (exact) mass is 710 g/mol. The van der Waals surface area contributed by atoms with E-state index >= 15 is 0 Å². The second-order valence-corrected chi connectivity index (χ2v) is 16.2. The molecule has 1 unspecified atom stereocenters. The maximum atomic E-state index is 14.1. The van der Waals surface area contributed by atoms with Gasteiger partial charge in [-0.15, -0.1) is 11.3 Å². The van der Waals surface area contributed by atoms with Gasteiger partial charge in [0.2, 0.25) is 15.9 Å². The minimum absolute atomic E-state index is 0.0579. The maximum absolute atomic E-state index is 14.1. The van der Waals surface area contributed by atoms with E-state index in [0.717, 1.165) is 35.5 Å². The molecule has 14 heteroatoms. The quantitative estimate of drug-likeness (QED) is 0.115. The molecule has 2 heterocycles. The summed E-state index contributed by atoms with van der Waals surface area (Å²) in [7, 11) is -4.02. The molecule has 1 aliphatic heterocycles. The number of aliphatic hydroxyl groups is 1. The molecule has 5 rings (SSSR count). The molecule has 0 radical (unpaired) electrons. The van der Waals surface area contributed by atoms with Crippen molar-refractivity contribution in [2.75, 3.05) is 26.2 Å².